The monoisotopic (exact) mass is 495 g/mol. The summed E-state index contributed by atoms with van der Waals surface area (Å²) in [5.41, 5.74) is 9.65. The number of rotatable bonds is 6. The van der Waals surface area contributed by atoms with Crippen molar-refractivity contribution in [1.29, 1.82) is 0 Å². The number of carboxylic acid groups (broad SMARTS) is 1. The average molecular weight is 496 g/mol. The van der Waals surface area contributed by atoms with Crippen molar-refractivity contribution in [1.82, 2.24) is 25.1 Å². The number of carboxylic acids is 1. The third-order valence-electron chi connectivity index (χ3n) is 6.18. The predicted octanol–water partition coefficient (Wildman–Crippen LogP) is 3.01. The van der Waals surface area contributed by atoms with Gasteiger partial charge in [-0.25, -0.2) is 9.37 Å². The Hall–Kier alpha value is -3.60. The Balaban J connectivity index is 1.48. The number of hydrogen-bond acceptors (Lipinski definition) is 7. The average Bonchev–Trinajstić information content (AvgIpc) is 3.35. The highest BCUT2D eigenvalue weighted by Gasteiger charge is 2.32. The first-order valence-electron chi connectivity index (χ1n) is 11.1. The number of carbonyl (C=O) groups is 1. The normalized spacial score (nSPS) is 16.7. The van der Waals surface area contributed by atoms with Crippen LogP contribution in [0.4, 0.5) is 10.1 Å². The van der Waals surface area contributed by atoms with Crippen LogP contribution in [0.25, 0.3) is 33.5 Å². The van der Waals surface area contributed by atoms with Crippen molar-refractivity contribution in [2.24, 2.45) is 5.73 Å². The molecule has 1 aliphatic heterocycles. The number of aromatic nitrogens is 4. The lowest BCUT2D eigenvalue weighted by Gasteiger charge is -2.40. The first kappa shape index (κ1) is 23.2. The minimum atomic E-state index is -0.877. The molecule has 1 aromatic carbocycles. The first-order valence-corrected chi connectivity index (χ1v) is 11.5. The van der Waals surface area contributed by atoms with Crippen LogP contribution >= 0.6 is 11.6 Å². The van der Waals surface area contributed by atoms with Gasteiger partial charge >= 0.3 is 5.97 Å². The topological polar surface area (TPSA) is 124 Å². The second kappa shape index (κ2) is 9.57. The number of anilines is 1. The van der Waals surface area contributed by atoms with E-state index in [0.29, 0.717) is 65.7 Å². The first-order chi connectivity index (χ1) is 16.9. The fraction of sp³-hybridized carbons (Fsp3) is 0.250. The highest BCUT2D eigenvalue weighted by atomic mass is 35.5. The van der Waals surface area contributed by atoms with Gasteiger partial charge in [-0.1, -0.05) is 11.6 Å². The SMILES string of the molecule is NCCN1CCN(c2cnc3ccc(-c4c[nH]nc4-c4cc(Cl)ccc4F)nc3c2)C[C@@H]1C(=O)O. The molecule has 4 heterocycles. The van der Waals surface area contributed by atoms with Crippen LogP contribution in [0.2, 0.25) is 5.02 Å². The summed E-state index contributed by atoms with van der Waals surface area (Å²) in [6.45, 7) is 2.50. The summed E-state index contributed by atoms with van der Waals surface area (Å²) in [6.07, 6.45) is 3.39. The van der Waals surface area contributed by atoms with E-state index in [1.165, 1.54) is 18.2 Å². The Morgan fingerprint density at radius 2 is 2.06 bits per heavy atom. The van der Waals surface area contributed by atoms with Crippen LogP contribution in [0, 0.1) is 5.82 Å². The zero-order valence-electron chi connectivity index (χ0n) is 18.7. The lowest BCUT2D eigenvalue weighted by molar-refractivity contribution is -0.143. The highest BCUT2D eigenvalue weighted by Crippen LogP contribution is 2.33. The van der Waals surface area contributed by atoms with Gasteiger partial charge in [-0.3, -0.25) is 19.8 Å². The molecular weight excluding hydrogens is 473 g/mol. The van der Waals surface area contributed by atoms with Crippen LogP contribution in [0.5, 0.6) is 0 Å². The fourth-order valence-electron chi connectivity index (χ4n) is 4.41. The second-order valence-corrected chi connectivity index (χ2v) is 8.76. The number of nitrogens with two attached hydrogens (primary N) is 1. The molecule has 4 N–H and O–H groups in total. The van der Waals surface area contributed by atoms with E-state index in [4.69, 9.17) is 22.3 Å². The van der Waals surface area contributed by atoms with Gasteiger partial charge in [-0.05, 0) is 36.4 Å². The molecule has 11 heteroatoms. The molecule has 1 fully saturated rings. The molecule has 0 spiro atoms. The Labute approximate surface area is 205 Å². The van der Waals surface area contributed by atoms with Gasteiger partial charge in [-0.2, -0.15) is 5.10 Å². The van der Waals surface area contributed by atoms with Crippen molar-refractivity contribution >= 4 is 34.3 Å². The number of nitrogens with zero attached hydrogens (tertiary/aromatic N) is 5. The molecule has 35 heavy (non-hydrogen) atoms. The summed E-state index contributed by atoms with van der Waals surface area (Å²) in [5.74, 6) is -1.31. The number of piperazine rings is 1. The summed E-state index contributed by atoms with van der Waals surface area (Å²) in [7, 11) is 0. The fourth-order valence-corrected chi connectivity index (χ4v) is 4.58. The van der Waals surface area contributed by atoms with E-state index in [9.17, 15) is 14.3 Å². The third-order valence-corrected chi connectivity index (χ3v) is 6.42. The van der Waals surface area contributed by atoms with Gasteiger partial charge < -0.3 is 15.7 Å². The molecule has 1 saturated heterocycles. The number of nitrogens with one attached hydrogen (secondary N) is 1. The quantitative estimate of drug-likeness (QED) is 0.373. The van der Waals surface area contributed by atoms with Crippen molar-refractivity contribution in [3.05, 3.63) is 59.6 Å². The Kier molecular flexibility index (Phi) is 6.33. The van der Waals surface area contributed by atoms with Gasteiger partial charge in [-0.15, -0.1) is 0 Å². The van der Waals surface area contributed by atoms with E-state index in [2.05, 4.69) is 15.2 Å². The summed E-state index contributed by atoms with van der Waals surface area (Å²) in [6, 6.07) is 9.20. The van der Waals surface area contributed by atoms with E-state index in [1.54, 1.807) is 18.5 Å². The number of hydrogen-bond donors (Lipinski definition) is 3. The smallest absolute Gasteiger partial charge is 0.322 e. The van der Waals surface area contributed by atoms with Crippen LogP contribution in [0.15, 0.2) is 48.8 Å². The van der Waals surface area contributed by atoms with Crippen molar-refractivity contribution < 1.29 is 14.3 Å². The lowest BCUT2D eigenvalue weighted by Crippen LogP contribution is -2.57. The van der Waals surface area contributed by atoms with Gasteiger partial charge in [0.2, 0.25) is 0 Å². The number of H-pyrrole nitrogens is 1. The number of benzene rings is 1. The molecule has 0 unspecified atom stereocenters. The van der Waals surface area contributed by atoms with Crippen molar-refractivity contribution in [3.63, 3.8) is 0 Å². The van der Waals surface area contributed by atoms with Gasteiger partial charge in [0.15, 0.2) is 0 Å². The lowest BCUT2D eigenvalue weighted by atomic mass is 10.0. The van der Waals surface area contributed by atoms with Crippen molar-refractivity contribution in [2.45, 2.75) is 6.04 Å². The molecule has 0 aliphatic carbocycles. The number of halogens is 2. The molecule has 4 aromatic rings. The van der Waals surface area contributed by atoms with Crippen LogP contribution in [-0.4, -0.2) is 74.9 Å². The molecule has 9 nitrogen and oxygen atoms in total. The molecule has 0 saturated carbocycles. The van der Waals surface area contributed by atoms with E-state index in [0.717, 1.165) is 5.69 Å². The largest absolute Gasteiger partial charge is 0.480 e. The number of pyridine rings is 2. The van der Waals surface area contributed by atoms with E-state index >= 15 is 0 Å². The van der Waals surface area contributed by atoms with Crippen LogP contribution < -0.4 is 10.6 Å². The number of aromatic amines is 1. The maximum Gasteiger partial charge on any atom is 0.322 e. The zero-order valence-corrected chi connectivity index (χ0v) is 19.4. The molecule has 180 valence electrons. The highest BCUT2D eigenvalue weighted by molar-refractivity contribution is 6.30. The summed E-state index contributed by atoms with van der Waals surface area (Å²) in [4.78, 5) is 25.0. The van der Waals surface area contributed by atoms with Gasteiger partial charge in [0.25, 0.3) is 0 Å². The van der Waals surface area contributed by atoms with E-state index in [-0.39, 0.29) is 5.56 Å². The second-order valence-electron chi connectivity index (χ2n) is 8.32. The van der Waals surface area contributed by atoms with E-state index in [1.807, 2.05) is 21.9 Å². The number of fused-ring (bicyclic) bond motifs is 1. The molecule has 5 rings (SSSR count). The van der Waals surface area contributed by atoms with Crippen molar-refractivity contribution in [3.8, 4) is 22.5 Å². The minimum absolute atomic E-state index is 0.276. The third kappa shape index (κ3) is 4.55. The zero-order chi connectivity index (χ0) is 24.5. The van der Waals surface area contributed by atoms with E-state index < -0.39 is 17.8 Å². The molecular formula is C24H23ClFN7O2. The minimum Gasteiger partial charge on any atom is -0.480 e. The summed E-state index contributed by atoms with van der Waals surface area (Å²) < 4.78 is 14.5. The Bertz CT molecular complexity index is 1400. The molecule has 1 atom stereocenters. The van der Waals surface area contributed by atoms with Gasteiger partial charge in [0.05, 0.1) is 28.6 Å². The molecule has 0 amide bonds. The molecule has 1 aliphatic rings. The molecule has 3 aromatic heterocycles. The Morgan fingerprint density at radius 1 is 1.20 bits per heavy atom. The molecule has 0 bridgehead atoms. The number of aliphatic carboxylic acids is 1. The standard InChI is InChI=1S/C24H23ClFN7O2/c25-14-1-2-18(26)16(9-14)23-17(12-29-31-23)19-3-4-20-21(30-19)10-15(11-28-20)33-8-7-32(6-5-27)22(13-33)24(34)35/h1-4,9-12,22H,5-8,13,27H2,(H,29,31)(H,34,35)/t22-/m1/s1. The predicted molar refractivity (Wildman–Crippen MR) is 132 cm³/mol. The molecule has 0 radical (unpaired) electrons. The van der Waals surface area contributed by atoms with Crippen LogP contribution in [-0.2, 0) is 4.79 Å². The van der Waals surface area contributed by atoms with Gasteiger partial charge in [0.1, 0.15) is 17.6 Å². The maximum atomic E-state index is 14.5. The maximum absolute atomic E-state index is 14.5. The van der Waals surface area contributed by atoms with Gasteiger partial charge in [0, 0.05) is 55.1 Å². The summed E-state index contributed by atoms with van der Waals surface area (Å²) in [5, 5.41) is 17.1. The summed E-state index contributed by atoms with van der Waals surface area (Å²) >= 11 is 6.08. The van der Waals surface area contributed by atoms with Crippen LogP contribution in [0.3, 0.4) is 0 Å². The Morgan fingerprint density at radius 3 is 2.86 bits per heavy atom. The van der Waals surface area contributed by atoms with Crippen molar-refractivity contribution in [2.75, 3.05) is 37.6 Å². The van der Waals surface area contributed by atoms with Crippen LogP contribution in [0.1, 0.15) is 0 Å².